The van der Waals surface area contributed by atoms with E-state index < -0.39 is 5.82 Å². The lowest BCUT2D eigenvalue weighted by Gasteiger charge is -2.14. The summed E-state index contributed by atoms with van der Waals surface area (Å²) in [6.45, 7) is 4.81. The topological polar surface area (TPSA) is 21.3 Å². The van der Waals surface area contributed by atoms with Crippen LogP contribution in [0.3, 0.4) is 0 Å². The van der Waals surface area contributed by atoms with Crippen molar-refractivity contribution in [2.45, 2.75) is 19.9 Å². The minimum Gasteiger partial charge on any atom is -0.454 e. The molecule has 1 unspecified atom stereocenters. The van der Waals surface area contributed by atoms with Crippen molar-refractivity contribution in [3.05, 3.63) is 57.8 Å². The second-order valence-corrected chi connectivity index (χ2v) is 5.55. The molecule has 0 fully saturated rings. The highest BCUT2D eigenvalue weighted by molar-refractivity contribution is 6.34. The normalized spacial score (nSPS) is 12.2. The molecule has 21 heavy (non-hydrogen) atoms. The van der Waals surface area contributed by atoms with E-state index in [1.165, 1.54) is 6.07 Å². The molecule has 2 aromatic carbocycles. The largest absolute Gasteiger partial charge is 0.454 e. The summed E-state index contributed by atoms with van der Waals surface area (Å²) >= 11 is 11.8. The Labute approximate surface area is 133 Å². The molecule has 0 aliphatic carbocycles. The van der Waals surface area contributed by atoms with Gasteiger partial charge in [0.15, 0.2) is 11.6 Å². The summed E-state index contributed by atoms with van der Waals surface area (Å²) in [4.78, 5) is 0. The zero-order chi connectivity index (χ0) is 15.4. The average Bonchev–Trinajstić information content (AvgIpc) is 2.40. The van der Waals surface area contributed by atoms with Crippen molar-refractivity contribution in [1.82, 2.24) is 5.32 Å². The molecule has 2 rings (SSSR count). The second kappa shape index (κ2) is 7.12. The van der Waals surface area contributed by atoms with Crippen LogP contribution in [0, 0.1) is 5.82 Å². The van der Waals surface area contributed by atoms with E-state index in [-0.39, 0.29) is 11.8 Å². The second-order valence-electron chi connectivity index (χ2n) is 4.68. The van der Waals surface area contributed by atoms with Gasteiger partial charge in [-0.15, -0.1) is 0 Å². The van der Waals surface area contributed by atoms with Gasteiger partial charge in [0.05, 0.1) is 0 Å². The van der Waals surface area contributed by atoms with E-state index >= 15 is 0 Å². The lowest BCUT2D eigenvalue weighted by molar-refractivity contribution is 0.440. The molecule has 0 saturated heterocycles. The van der Waals surface area contributed by atoms with Crippen molar-refractivity contribution in [2.75, 3.05) is 6.54 Å². The monoisotopic (exact) mass is 327 g/mol. The highest BCUT2D eigenvalue weighted by atomic mass is 35.5. The van der Waals surface area contributed by atoms with Crippen molar-refractivity contribution in [3.8, 4) is 11.5 Å². The van der Waals surface area contributed by atoms with Gasteiger partial charge in [0, 0.05) is 16.1 Å². The van der Waals surface area contributed by atoms with Gasteiger partial charge in [-0.25, -0.2) is 4.39 Å². The summed E-state index contributed by atoms with van der Waals surface area (Å²) < 4.78 is 19.6. The van der Waals surface area contributed by atoms with Crippen molar-refractivity contribution >= 4 is 23.2 Å². The van der Waals surface area contributed by atoms with Gasteiger partial charge in [-0.2, -0.15) is 0 Å². The van der Waals surface area contributed by atoms with Gasteiger partial charge in [-0.1, -0.05) is 36.2 Å². The molecule has 0 aliphatic rings. The summed E-state index contributed by atoms with van der Waals surface area (Å²) in [7, 11) is 0. The van der Waals surface area contributed by atoms with E-state index in [2.05, 4.69) is 5.32 Å². The third kappa shape index (κ3) is 4.34. The van der Waals surface area contributed by atoms with Gasteiger partial charge in [0.25, 0.3) is 0 Å². The Morgan fingerprint density at radius 2 is 1.81 bits per heavy atom. The van der Waals surface area contributed by atoms with Crippen LogP contribution in [0.25, 0.3) is 0 Å². The van der Waals surface area contributed by atoms with Crippen LogP contribution in [0.2, 0.25) is 10.0 Å². The first-order valence-electron chi connectivity index (χ1n) is 6.66. The predicted octanol–water partition coefficient (Wildman–Crippen LogP) is 5.60. The molecule has 0 aromatic heterocycles. The number of hydrogen-bond donors (Lipinski definition) is 1. The molecule has 0 spiro atoms. The first kappa shape index (κ1) is 16.1. The lowest BCUT2D eigenvalue weighted by Crippen LogP contribution is -2.17. The molecular formula is C16H16Cl2FNO. The molecule has 1 atom stereocenters. The van der Waals surface area contributed by atoms with Gasteiger partial charge in [-0.05, 0) is 49.4 Å². The fraction of sp³-hybridized carbons (Fsp3) is 0.250. The molecule has 0 aliphatic heterocycles. The maximum Gasteiger partial charge on any atom is 0.166 e. The zero-order valence-corrected chi connectivity index (χ0v) is 13.3. The third-order valence-electron chi connectivity index (χ3n) is 3.03. The van der Waals surface area contributed by atoms with Gasteiger partial charge >= 0.3 is 0 Å². The quantitative estimate of drug-likeness (QED) is 0.772. The number of ether oxygens (including phenoxy) is 1. The number of halogens is 3. The van der Waals surface area contributed by atoms with E-state index in [1.807, 2.05) is 19.9 Å². The number of rotatable bonds is 5. The first-order chi connectivity index (χ1) is 9.99. The Hall–Kier alpha value is -1.29. The van der Waals surface area contributed by atoms with E-state index in [0.29, 0.717) is 15.8 Å². The molecule has 2 aromatic rings. The van der Waals surface area contributed by atoms with E-state index in [1.54, 1.807) is 24.3 Å². The summed E-state index contributed by atoms with van der Waals surface area (Å²) in [6.07, 6.45) is 0. The molecule has 2 nitrogen and oxygen atoms in total. The number of hydrogen-bond acceptors (Lipinski definition) is 2. The van der Waals surface area contributed by atoms with Gasteiger partial charge in [-0.3, -0.25) is 0 Å². The maximum atomic E-state index is 14.1. The molecular weight excluding hydrogens is 312 g/mol. The van der Waals surface area contributed by atoms with Gasteiger partial charge < -0.3 is 10.1 Å². The van der Waals surface area contributed by atoms with Crippen LogP contribution >= 0.6 is 23.2 Å². The summed E-state index contributed by atoms with van der Waals surface area (Å²) in [5.74, 6) is 0.119. The van der Waals surface area contributed by atoms with Crippen LogP contribution < -0.4 is 10.1 Å². The Kier molecular flexibility index (Phi) is 5.45. The standard InChI is InChI=1S/C16H16Cl2FNO/c1-3-20-10(2)11-4-5-16(15(19)6-11)21-14-8-12(17)7-13(18)9-14/h4-10,20H,3H2,1-2H3. The van der Waals surface area contributed by atoms with E-state index in [9.17, 15) is 4.39 Å². The van der Waals surface area contributed by atoms with Crippen LogP contribution in [0.5, 0.6) is 11.5 Å². The third-order valence-corrected chi connectivity index (χ3v) is 3.47. The fourth-order valence-corrected chi connectivity index (χ4v) is 2.51. The summed E-state index contributed by atoms with van der Waals surface area (Å²) in [5.41, 5.74) is 0.867. The van der Waals surface area contributed by atoms with E-state index in [4.69, 9.17) is 27.9 Å². The minimum atomic E-state index is -0.423. The van der Waals surface area contributed by atoms with Crippen molar-refractivity contribution < 1.29 is 9.13 Å². The molecule has 0 radical (unpaired) electrons. The Bertz CT molecular complexity index is 613. The SMILES string of the molecule is CCNC(C)c1ccc(Oc2cc(Cl)cc(Cl)c2)c(F)c1. The van der Waals surface area contributed by atoms with Crippen molar-refractivity contribution in [2.24, 2.45) is 0 Å². The fourth-order valence-electron chi connectivity index (χ4n) is 2.01. The Morgan fingerprint density at radius 3 is 2.38 bits per heavy atom. The average molecular weight is 328 g/mol. The molecule has 112 valence electrons. The highest BCUT2D eigenvalue weighted by Crippen LogP contribution is 2.30. The summed E-state index contributed by atoms with van der Waals surface area (Å²) in [6, 6.07) is 9.75. The Balaban J connectivity index is 2.21. The van der Waals surface area contributed by atoms with Crippen LogP contribution in [-0.4, -0.2) is 6.54 Å². The molecule has 5 heteroatoms. The van der Waals surface area contributed by atoms with Crippen LogP contribution in [0.15, 0.2) is 36.4 Å². The summed E-state index contributed by atoms with van der Waals surface area (Å²) in [5, 5.41) is 4.11. The molecule has 0 amide bonds. The highest BCUT2D eigenvalue weighted by Gasteiger charge is 2.10. The van der Waals surface area contributed by atoms with Crippen molar-refractivity contribution in [1.29, 1.82) is 0 Å². The zero-order valence-electron chi connectivity index (χ0n) is 11.8. The Morgan fingerprint density at radius 1 is 1.14 bits per heavy atom. The number of benzene rings is 2. The minimum absolute atomic E-state index is 0.0826. The maximum absolute atomic E-state index is 14.1. The van der Waals surface area contributed by atoms with Crippen molar-refractivity contribution in [3.63, 3.8) is 0 Å². The predicted molar refractivity (Wildman–Crippen MR) is 85.0 cm³/mol. The molecule has 0 saturated carbocycles. The van der Waals surface area contributed by atoms with E-state index in [0.717, 1.165) is 12.1 Å². The smallest absolute Gasteiger partial charge is 0.166 e. The molecule has 0 bridgehead atoms. The van der Waals surface area contributed by atoms with Crippen LogP contribution in [0.4, 0.5) is 4.39 Å². The first-order valence-corrected chi connectivity index (χ1v) is 7.42. The van der Waals surface area contributed by atoms with Gasteiger partial charge in [0.2, 0.25) is 0 Å². The number of nitrogens with one attached hydrogen (secondary N) is 1. The van der Waals surface area contributed by atoms with Gasteiger partial charge in [0.1, 0.15) is 5.75 Å². The molecule has 0 heterocycles. The van der Waals surface area contributed by atoms with Crippen LogP contribution in [-0.2, 0) is 0 Å². The molecule has 1 N–H and O–H groups in total. The van der Waals surface area contributed by atoms with Crippen LogP contribution in [0.1, 0.15) is 25.5 Å². The lowest BCUT2D eigenvalue weighted by atomic mass is 10.1.